The van der Waals surface area contributed by atoms with E-state index in [2.05, 4.69) is 199 Å². The van der Waals surface area contributed by atoms with Crippen molar-refractivity contribution in [2.75, 3.05) is 0 Å². The second-order valence-electron chi connectivity index (χ2n) is 14.8. The Labute approximate surface area is 328 Å². The molecule has 0 radical (unpaired) electrons. The van der Waals surface area contributed by atoms with Crippen LogP contribution in [0.1, 0.15) is 0 Å². The average molecular weight is 725 g/mol. The first-order chi connectivity index (χ1) is 28.2. The predicted molar refractivity (Wildman–Crippen MR) is 238 cm³/mol. The van der Waals surface area contributed by atoms with Gasteiger partial charge < -0.3 is 0 Å². The summed E-state index contributed by atoms with van der Waals surface area (Å²) in [5, 5.41) is 14.4. The summed E-state index contributed by atoms with van der Waals surface area (Å²) < 4.78 is 2.22. The van der Waals surface area contributed by atoms with Crippen molar-refractivity contribution in [3.8, 4) is 39.9 Å². The number of para-hydroxylation sites is 1. The summed E-state index contributed by atoms with van der Waals surface area (Å²) in [7, 11) is 0. The standard InChI is InChI=1S/C53H32N4/c1-2-14-35-30-38(25-24-33(35)12-1)51-54-52(47-22-11-15-34-13-3-4-16-39(34)47)56-53(55-51)57-49-23-10-9-21-45(49)46-29-27-37(32-50(46)57)36-26-28-44-42-19-6-5-17-40(42)41-18-7-8-20-43(41)48(44)31-36/h1-32H. The van der Waals surface area contributed by atoms with Crippen LogP contribution in [-0.2, 0) is 0 Å². The number of rotatable bonds is 4. The molecule has 12 aromatic rings. The third-order valence-electron chi connectivity index (χ3n) is 11.6. The van der Waals surface area contributed by atoms with Crippen LogP contribution in [0.3, 0.4) is 0 Å². The highest BCUT2D eigenvalue weighted by atomic mass is 15.2. The lowest BCUT2D eigenvalue weighted by Gasteiger charge is -2.13. The molecule has 2 heterocycles. The molecule has 0 N–H and O–H groups in total. The van der Waals surface area contributed by atoms with Crippen LogP contribution in [0.25, 0.3) is 116 Å². The summed E-state index contributed by atoms with van der Waals surface area (Å²) >= 11 is 0. The van der Waals surface area contributed by atoms with E-state index in [4.69, 9.17) is 15.0 Å². The molecular formula is C53H32N4. The minimum atomic E-state index is 0.579. The minimum Gasteiger partial charge on any atom is -0.278 e. The molecule has 0 amide bonds. The number of nitrogens with zero attached hydrogens (tertiary/aromatic N) is 4. The van der Waals surface area contributed by atoms with Gasteiger partial charge in [0.1, 0.15) is 0 Å². The van der Waals surface area contributed by atoms with Gasteiger partial charge in [-0.3, -0.25) is 4.57 Å². The normalized spacial score (nSPS) is 11.9. The monoisotopic (exact) mass is 724 g/mol. The summed E-state index contributed by atoms with van der Waals surface area (Å²) in [6.45, 7) is 0. The fourth-order valence-electron chi connectivity index (χ4n) is 8.92. The molecule has 0 aliphatic rings. The zero-order chi connectivity index (χ0) is 37.5. The van der Waals surface area contributed by atoms with Gasteiger partial charge in [0.2, 0.25) is 5.95 Å². The van der Waals surface area contributed by atoms with Crippen molar-refractivity contribution < 1.29 is 0 Å². The van der Waals surface area contributed by atoms with Gasteiger partial charge in [0.25, 0.3) is 0 Å². The van der Waals surface area contributed by atoms with Gasteiger partial charge in [-0.1, -0.05) is 170 Å². The third-order valence-corrected chi connectivity index (χ3v) is 11.6. The second-order valence-corrected chi connectivity index (χ2v) is 14.8. The van der Waals surface area contributed by atoms with E-state index in [1.165, 1.54) is 37.7 Å². The highest BCUT2D eigenvalue weighted by Crippen LogP contribution is 2.40. The number of aromatic nitrogens is 4. The molecule has 0 bridgehead atoms. The molecule has 10 aromatic carbocycles. The number of hydrogen-bond acceptors (Lipinski definition) is 3. The van der Waals surface area contributed by atoms with Crippen LogP contribution in [0.4, 0.5) is 0 Å². The molecule has 0 fully saturated rings. The van der Waals surface area contributed by atoms with E-state index in [-0.39, 0.29) is 0 Å². The maximum atomic E-state index is 5.33. The van der Waals surface area contributed by atoms with Crippen molar-refractivity contribution in [3.05, 3.63) is 194 Å². The SMILES string of the molecule is c1ccc2cc(-c3nc(-c4cccc5ccccc45)nc(-n4c5ccccc5c5ccc(-c6ccc7c8ccccc8c8ccccc8c7c6)cc54)n3)ccc2c1. The molecule has 12 rings (SSSR count). The van der Waals surface area contributed by atoms with Crippen molar-refractivity contribution in [1.29, 1.82) is 0 Å². The lowest BCUT2D eigenvalue weighted by atomic mass is 9.92. The molecule has 4 nitrogen and oxygen atoms in total. The Morgan fingerprint density at radius 3 is 1.58 bits per heavy atom. The van der Waals surface area contributed by atoms with Crippen LogP contribution < -0.4 is 0 Å². The van der Waals surface area contributed by atoms with Gasteiger partial charge in [-0.15, -0.1) is 0 Å². The molecule has 0 aliphatic heterocycles. The lowest BCUT2D eigenvalue weighted by molar-refractivity contribution is 0.954. The van der Waals surface area contributed by atoms with Crippen molar-refractivity contribution >= 4 is 75.7 Å². The topological polar surface area (TPSA) is 43.6 Å². The van der Waals surface area contributed by atoms with Crippen molar-refractivity contribution in [3.63, 3.8) is 0 Å². The number of fused-ring (bicyclic) bond motifs is 11. The quantitative estimate of drug-likeness (QED) is 0.170. The first-order valence-corrected chi connectivity index (χ1v) is 19.4. The van der Waals surface area contributed by atoms with Crippen molar-refractivity contribution in [1.82, 2.24) is 19.5 Å². The molecule has 0 saturated heterocycles. The first-order valence-electron chi connectivity index (χ1n) is 19.4. The van der Waals surface area contributed by atoms with Crippen LogP contribution in [0.2, 0.25) is 0 Å². The summed E-state index contributed by atoms with van der Waals surface area (Å²) in [6, 6.07) is 69.4. The van der Waals surface area contributed by atoms with Gasteiger partial charge in [0.15, 0.2) is 11.6 Å². The number of benzene rings is 10. The fraction of sp³-hybridized carbons (Fsp3) is 0. The van der Waals surface area contributed by atoms with Crippen LogP contribution >= 0.6 is 0 Å². The van der Waals surface area contributed by atoms with E-state index in [9.17, 15) is 0 Å². The van der Waals surface area contributed by atoms with Crippen LogP contribution in [-0.4, -0.2) is 19.5 Å². The molecule has 0 spiro atoms. The summed E-state index contributed by atoms with van der Waals surface area (Å²) in [4.78, 5) is 15.8. The lowest BCUT2D eigenvalue weighted by Crippen LogP contribution is -2.06. The van der Waals surface area contributed by atoms with E-state index in [1.54, 1.807) is 0 Å². The Kier molecular flexibility index (Phi) is 6.89. The summed E-state index contributed by atoms with van der Waals surface area (Å²) in [6.07, 6.45) is 0. The van der Waals surface area contributed by atoms with Gasteiger partial charge >= 0.3 is 0 Å². The fourth-order valence-corrected chi connectivity index (χ4v) is 8.92. The zero-order valence-corrected chi connectivity index (χ0v) is 30.8. The molecule has 4 heteroatoms. The Morgan fingerprint density at radius 1 is 0.281 bits per heavy atom. The van der Waals surface area contributed by atoms with Gasteiger partial charge in [-0.05, 0) is 89.3 Å². The van der Waals surface area contributed by atoms with Crippen molar-refractivity contribution in [2.45, 2.75) is 0 Å². The Bertz CT molecular complexity index is 3560. The number of hydrogen-bond donors (Lipinski definition) is 0. The highest BCUT2D eigenvalue weighted by molar-refractivity contribution is 6.25. The Balaban J connectivity index is 1.12. The van der Waals surface area contributed by atoms with E-state index in [0.717, 1.165) is 60.2 Å². The third kappa shape index (κ3) is 4.98. The van der Waals surface area contributed by atoms with E-state index >= 15 is 0 Å². The van der Waals surface area contributed by atoms with Crippen molar-refractivity contribution in [2.24, 2.45) is 0 Å². The Morgan fingerprint density at radius 2 is 0.807 bits per heavy atom. The predicted octanol–water partition coefficient (Wildman–Crippen LogP) is 13.7. The maximum absolute atomic E-state index is 5.33. The molecule has 0 aliphatic carbocycles. The first kappa shape index (κ1) is 31.6. The van der Waals surface area contributed by atoms with Gasteiger partial charge in [-0.25, -0.2) is 4.98 Å². The maximum Gasteiger partial charge on any atom is 0.238 e. The van der Waals surface area contributed by atoms with Gasteiger partial charge in [0.05, 0.1) is 11.0 Å². The molecule has 0 atom stereocenters. The van der Waals surface area contributed by atoms with E-state index in [0.29, 0.717) is 17.6 Å². The molecular weight excluding hydrogens is 693 g/mol. The molecule has 2 aromatic heterocycles. The van der Waals surface area contributed by atoms with Crippen LogP contribution in [0, 0.1) is 0 Å². The second kappa shape index (κ2) is 12.4. The summed E-state index contributed by atoms with van der Waals surface area (Å²) in [5.74, 6) is 1.84. The largest absolute Gasteiger partial charge is 0.278 e. The van der Waals surface area contributed by atoms with E-state index < -0.39 is 0 Å². The van der Waals surface area contributed by atoms with E-state index in [1.807, 2.05) is 0 Å². The summed E-state index contributed by atoms with van der Waals surface area (Å²) in [5.41, 5.74) is 6.28. The highest BCUT2D eigenvalue weighted by Gasteiger charge is 2.20. The molecule has 0 saturated carbocycles. The smallest absolute Gasteiger partial charge is 0.238 e. The minimum absolute atomic E-state index is 0.579. The van der Waals surface area contributed by atoms with Gasteiger partial charge in [0, 0.05) is 21.9 Å². The Hall–Kier alpha value is -7.69. The van der Waals surface area contributed by atoms with Gasteiger partial charge in [-0.2, -0.15) is 9.97 Å². The molecule has 264 valence electrons. The zero-order valence-electron chi connectivity index (χ0n) is 30.8. The molecule has 0 unspecified atom stereocenters. The molecule has 57 heavy (non-hydrogen) atoms. The average Bonchev–Trinajstić information content (AvgIpc) is 3.62. The van der Waals surface area contributed by atoms with Crippen LogP contribution in [0.5, 0.6) is 0 Å². The van der Waals surface area contributed by atoms with Crippen LogP contribution in [0.15, 0.2) is 194 Å².